The molecule has 6 nitrogen and oxygen atoms in total. The number of carbonyl (C=O) groups is 1. The molecule has 1 aliphatic heterocycles. The van der Waals surface area contributed by atoms with E-state index in [1.165, 1.54) is 11.8 Å². The number of ether oxygens (including phenoxy) is 1. The summed E-state index contributed by atoms with van der Waals surface area (Å²) in [5, 5.41) is 0. The van der Waals surface area contributed by atoms with Crippen LogP contribution in [0.2, 0.25) is 0 Å². The lowest BCUT2D eigenvalue weighted by molar-refractivity contribution is 0.0457. The van der Waals surface area contributed by atoms with Crippen LogP contribution in [-0.4, -0.2) is 27.3 Å². The second-order valence-electron chi connectivity index (χ2n) is 8.85. The van der Waals surface area contributed by atoms with Gasteiger partial charge in [-0.2, -0.15) is 0 Å². The predicted molar refractivity (Wildman–Crippen MR) is 119 cm³/mol. The molecule has 31 heavy (non-hydrogen) atoms. The Kier molecular flexibility index (Phi) is 5.63. The molecule has 160 valence electrons. The van der Waals surface area contributed by atoms with E-state index in [0.29, 0.717) is 18.1 Å². The number of carbonyl (C=O) groups excluding carboxylic acids is 1. The van der Waals surface area contributed by atoms with Crippen LogP contribution in [0, 0.1) is 0 Å². The molecule has 2 heterocycles. The molecule has 0 bridgehead atoms. The Hall–Kier alpha value is -3.41. The molecular formula is C25H27N3O3. The van der Waals surface area contributed by atoms with Crippen LogP contribution in [0.4, 0.5) is 0 Å². The first-order chi connectivity index (χ1) is 14.8. The van der Waals surface area contributed by atoms with E-state index >= 15 is 0 Å². The van der Waals surface area contributed by atoms with E-state index in [9.17, 15) is 9.59 Å². The van der Waals surface area contributed by atoms with Gasteiger partial charge in [-0.15, -0.1) is 0 Å². The molecule has 1 N–H and O–H groups in total. The smallest absolute Gasteiger partial charge is 0.263 e. The Balaban J connectivity index is 1.41. The summed E-state index contributed by atoms with van der Waals surface area (Å²) in [5.41, 5.74) is 1.98. The van der Waals surface area contributed by atoms with Crippen LogP contribution in [0.25, 0.3) is 0 Å². The third kappa shape index (κ3) is 4.53. The molecule has 1 fully saturated rings. The molecule has 1 atom stereocenters. The first kappa shape index (κ1) is 20.8. The Morgan fingerprint density at radius 2 is 1.84 bits per heavy atom. The van der Waals surface area contributed by atoms with Crippen molar-refractivity contribution in [2.24, 2.45) is 0 Å². The van der Waals surface area contributed by atoms with Crippen molar-refractivity contribution < 1.29 is 9.53 Å². The standard InChI is InChI=1S/C25H27N3O3/c1-25(2,3)18-9-11-19(12-10-18)31-16-22-26-15-20(23(29)27-22)24(30)28-14-13-21(28)17-7-5-4-6-8-17/h4-12,15,21H,13-14,16H2,1-3H3,(H,26,27,29)/t21-/m0/s1. The van der Waals surface area contributed by atoms with Gasteiger partial charge in [-0.1, -0.05) is 63.2 Å². The highest BCUT2D eigenvalue weighted by Crippen LogP contribution is 2.33. The first-order valence-electron chi connectivity index (χ1n) is 10.5. The summed E-state index contributed by atoms with van der Waals surface area (Å²) in [4.78, 5) is 34.0. The predicted octanol–water partition coefficient (Wildman–Crippen LogP) is 4.23. The molecule has 0 radical (unpaired) electrons. The van der Waals surface area contributed by atoms with E-state index in [0.717, 1.165) is 12.0 Å². The minimum atomic E-state index is -0.444. The fourth-order valence-electron chi connectivity index (χ4n) is 3.67. The van der Waals surface area contributed by atoms with E-state index in [2.05, 4.69) is 30.7 Å². The van der Waals surface area contributed by atoms with Crippen LogP contribution in [0.5, 0.6) is 5.75 Å². The van der Waals surface area contributed by atoms with Crippen molar-refractivity contribution in [1.82, 2.24) is 14.9 Å². The molecule has 1 saturated heterocycles. The van der Waals surface area contributed by atoms with Crippen molar-refractivity contribution in [3.63, 3.8) is 0 Å². The quantitative estimate of drug-likeness (QED) is 0.674. The molecular weight excluding hydrogens is 390 g/mol. The van der Waals surface area contributed by atoms with Crippen molar-refractivity contribution in [2.75, 3.05) is 6.54 Å². The highest BCUT2D eigenvalue weighted by Gasteiger charge is 2.34. The Morgan fingerprint density at radius 3 is 2.42 bits per heavy atom. The molecule has 0 saturated carbocycles. The third-order valence-electron chi connectivity index (χ3n) is 5.64. The molecule has 1 aliphatic rings. The summed E-state index contributed by atoms with van der Waals surface area (Å²) in [6.07, 6.45) is 2.24. The zero-order chi connectivity index (χ0) is 22.0. The minimum Gasteiger partial charge on any atom is -0.486 e. The first-order valence-corrected chi connectivity index (χ1v) is 10.5. The molecule has 4 rings (SSSR count). The molecule has 3 aromatic rings. The van der Waals surface area contributed by atoms with Crippen LogP contribution in [0.15, 0.2) is 65.6 Å². The van der Waals surface area contributed by atoms with Crippen molar-refractivity contribution >= 4 is 5.91 Å². The molecule has 1 aromatic heterocycles. The summed E-state index contributed by atoms with van der Waals surface area (Å²) in [5.74, 6) is 0.783. The molecule has 2 aromatic carbocycles. The van der Waals surface area contributed by atoms with Gasteiger partial charge < -0.3 is 14.6 Å². The lowest BCUT2D eigenvalue weighted by Gasteiger charge is -2.41. The molecule has 6 heteroatoms. The summed E-state index contributed by atoms with van der Waals surface area (Å²) in [7, 11) is 0. The van der Waals surface area contributed by atoms with Crippen LogP contribution in [-0.2, 0) is 12.0 Å². The van der Waals surface area contributed by atoms with Gasteiger partial charge >= 0.3 is 0 Å². The Bertz CT molecular complexity index is 1120. The van der Waals surface area contributed by atoms with Gasteiger partial charge in [-0.3, -0.25) is 9.59 Å². The van der Waals surface area contributed by atoms with Gasteiger partial charge in [0.2, 0.25) is 0 Å². The highest BCUT2D eigenvalue weighted by atomic mass is 16.5. The fourth-order valence-corrected chi connectivity index (χ4v) is 3.67. The van der Waals surface area contributed by atoms with Crippen LogP contribution in [0.1, 0.15) is 60.5 Å². The normalized spacial score (nSPS) is 16.0. The minimum absolute atomic E-state index is 0.00665. The van der Waals surface area contributed by atoms with E-state index < -0.39 is 5.56 Å². The lowest BCUT2D eigenvalue weighted by Crippen LogP contribution is -2.46. The number of aromatic nitrogens is 2. The molecule has 0 aliphatic carbocycles. The van der Waals surface area contributed by atoms with Gasteiger partial charge in [0.1, 0.15) is 23.7 Å². The average Bonchev–Trinajstić information content (AvgIpc) is 2.72. The Morgan fingerprint density at radius 1 is 1.13 bits per heavy atom. The van der Waals surface area contributed by atoms with Crippen molar-refractivity contribution in [3.8, 4) is 5.75 Å². The highest BCUT2D eigenvalue weighted by molar-refractivity contribution is 5.94. The van der Waals surface area contributed by atoms with Crippen molar-refractivity contribution in [2.45, 2.75) is 45.3 Å². The number of benzene rings is 2. The van der Waals surface area contributed by atoms with E-state index in [4.69, 9.17) is 4.74 Å². The fraction of sp³-hybridized carbons (Fsp3) is 0.320. The number of likely N-dealkylation sites (tertiary alicyclic amines) is 1. The average molecular weight is 418 g/mol. The van der Waals surface area contributed by atoms with Gasteiger partial charge in [0.25, 0.3) is 11.5 Å². The number of rotatable bonds is 5. The van der Waals surface area contributed by atoms with Gasteiger partial charge in [-0.05, 0) is 35.1 Å². The van der Waals surface area contributed by atoms with Crippen molar-refractivity contribution in [3.05, 3.63) is 93.7 Å². The number of amides is 1. The van der Waals surface area contributed by atoms with Crippen LogP contribution in [0.3, 0.4) is 0 Å². The maximum atomic E-state index is 12.9. The largest absolute Gasteiger partial charge is 0.486 e. The second-order valence-corrected chi connectivity index (χ2v) is 8.85. The number of nitrogens with zero attached hydrogens (tertiary/aromatic N) is 2. The maximum Gasteiger partial charge on any atom is 0.263 e. The summed E-state index contributed by atoms with van der Waals surface area (Å²) in [6.45, 7) is 7.22. The SMILES string of the molecule is CC(C)(C)c1ccc(OCc2ncc(C(=O)N3CC[C@H]3c3ccccc3)c(=O)[nH]2)cc1. The van der Waals surface area contributed by atoms with Gasteiger partial charge in [0.15, 0.2) is 0 Å². The number of hydrogen-bond donors (Lipinski definition) is 1. The maximum absolute atomic E-state index is 12.9. The van der Waals surface area contributed by atoms with E-state index in [1.807, 2.05) is 54.6 Å². The monoisotopic (exact) mass is 417 g/mol. The summed E-state index contributed by atoms with van der Waals surface area (Å²) >= 11 is 0. The van der Waals surface area contributed by atoms with Crippen molar-refractivity contribution in [1.29, 1.82) is 0 Å². The summed E-state index contributed by atoms with van der Waals surface area (Å²) in [6, 6.07) is 17.7. The number of nitrogens with one attached hydrogen (secondary N) is 1. The molecule has 0 spiro atoms. The second kappa shape index (κ2) is 8.38. The number of H-pyrrole nitrogens is 1. The van der Waals surface area contributed by atoms with Gasteiger partial charge in [0, 0.05) is 12.7 Å². The molecule has 0 unspecified atom stereocenters. The zero-order valence-corrected chi connectivity index (χ0v) is 18.1. The topological polar surface area (TPSA) is 75.3 Å². The molecule has 1 amide bonds. The van der Waals surface area contributed by atoms with E-state index in [-0.39, 0.29) is 29.5 Å². The Labute approximate surface area is 181 Å². The van der Waals surface area contributed by atoms with Gasteiger partial charge in [-0.25, -0.2) is 4.98 Å². The third-order valence-corrected chi connectivity index (χ3v) is 5.64. The van der Waals surface area contributed by atoms with Crippen LogP contribution < -0.4 is 10.3 Å². The lowest BCUT2D eigenvalue weighted by atomic mass is 9.87. The summed E-state index contributed by atoms with van der Waals surface area (Å²) < 4.78 is 5.74. The number of hydrogen-bond acceptors (Lipinski definition) is 4. The number of aromatic amines is 1. The van der Waals surface area contributed by atoms with Crippen LogP contribution >= 0.6 is 0 Å². The van der Waals surface area contributed by atoms with E-state index in [1.54, 1.807) is 4.90 Å². The zero-order valence-electron chi connectivity index (χ0n) is 18.1. The van der Waals surface area contributed by atoms with Gasteiger partial charge in [0.05, 0.1) is 6.04 Å².